The Morgan fingerprint density at radius 1 is 1.59 bits per heavy atom. The van der Waals surface area contributed by atoms with Crippen molar-refractivity contribution >= 4 is 27.3 Å². The zero-order valence-corrected chi connectivity index (χ0v) is 11.7. The Labute approximate surface area is 112 Å². The molecule has 17 heavy (non-hydrogen) atoms. The summed E-state index contributed by atoms with van der Waals surface area (Å²) in [5, 5.41) is 9.99. The van der Waals surface area contributed by atoms with E-state index in [4.69, 9.17) is 0 Å². The molecule has 0 unspecified atom stereocenters. The van der Waals surface area contributed by atoms with Gasteiger partial charge in [-0.1, -0.05) is 0 Å². The van der Waals surface area contributed by atoms with Gasteiger partial charge in [-0.05, 0) is 39.4 Å². The van der Waals surface area contributed by atoms with Crippen LogP contribution in [0.1, 0.15) is 17.8 Å². The van der Waals surface area contributed by atoms with Crippen molar-refractivity contribution in [3.8, 4) is 0 Å². The first-order chi connectivity index (χ1) is 8.31. The van der Waals surface area contributed by atoms with Crippen LogP contribution in [0.3, 0.4) is 0 Å². The van der Waals surface area contributed by atoms with Crippen LogP contribution in [0.2, 0.25) is 0 Å². The first kappa shape index (κ1) is 11.4. The van der Waals surface area contributed by atoms with Crippen LogP contribution in [0.25, 0.3) is 0 Å². The molecule has 1 aliphatic rings. The van der Waals surface area contributed by atoms with Crippen molar-refractivity contribution in [2.24, 2.45) is 0 Å². The Kier molecular flexibility index (Phi) is 3.26. The van der Waals surface area contributed by atoms with Gasteiger partial charge in [0.15, 0.2) is 0 Å². The minimum absolute atomic E-state index is 0.503. The maximum Gasteiger partial charge on any atom is 0.138 e. The molecule has 0 bridgehead atoms. The predicted molar refractivity (Wildman–Crippen MR) is 71.0 cm³/mol. The van der Waals surface area contributed by atoms with Crippen molar-refractivity contribution in [3.05, 3.63) is 32.9 Å². The fourth-order valence-corrected chi connectivity index (χ4v) is 3.31. The molecule has 0 saturated carbocycles. The number of thiophene rings is 1. The number of fused-ring (bicyclic) bond motifs is 1. The van der Waals surface area contributed by atoms with Crippen molar-refractivity contribution in [2.45, 2.75) is 32.0 Å². The minimum Gasteiger partial charge on any atom is -0.308 e. The molecule has 1 atom stereocenters. The molecule has 3 heterocycles. The lowest BCUT2D eigenvalue weighted by atomic mass is 10.1. The van der Waals surface area contributed by atoms with Gasteiger partial charge in [-0.15, -0.1) is 11.3 Å². The lowest BCUT2D eigenvalue weighted by Gasteiger charge is -2.23. The Balaban J connectivity index is 1.57. The molecule has 0 radical (unpaired) electrons. The van der Waals surface area contributed by atoms with Crippen molar-refractivity contribution in [2.75, 3.05) is 0 Å². The summed E-state index contributed by atoms with van der Waals surface area (Å²) < 4.78 is 3.20. The second kappa shape index (κ2) is 4.88. The average molecular weight is 313 g/mol. The highest BCUT2D eigenvalue weighted by molar-refractivity contribution is 9.11. The van der Waals surface area contributed by atoms with Gasteiger partial charge >= 0.3 is 0 Å². The summed E-state index contributed by atoms with van der Waals surface area (Å²) in [7, 11) is 0. The average Bonchev–Trinajstić information content (AvgIpc) is 2.94. The van der Waals surface area contributed by atoms with Gasteiger partial charge in [0, 0.05) is 19.0 Å². The number of aromatic nitrogens is 3. The fraction of sp³-hybridized carbons (Fsp3) is 0.455. The number of hydrogen-bond acceptors (Lipinski definition) is 4. The van der Waals surface area contributed by atoms with Crippen LogP contribution in [0.15, 0.2) is 21.6 Å². The van der Waals surface area contributed by atoms with Crippen LogP contribution in [0.5, 0.6) is 0 Å². The third-order valence-corrected chi connectivity index (χ3v) is 4.58. The molecule has 0 fully saturated rings. The highest BCUT2D eigenvalue weighted by atomic mass is 79.9. The number of nitrogens with zero attached hydrogens (tertiary/aromatic N) is 3. The monoisotopic (exact) mass is 312 g/mol. The number of aryl methyl sites for hydroxylation is 1. The van der Waals surface area contributed by atoms with Gasteiger partial charge in [0.2, 0.25) is 0 Å². The van der Waals surface area contributed by atoms with E-state index in [1.165, 1.54) is 9.35 Å². The second-order valence-electron chi connectivity index (χ2n) is 4.23. The van der Waals surface area contributed by atoms with E-state index >= 15 is 0 Å². The van der Waals surface area contributed by atoms with Gasteiger partial charge in [-0.25, -0.2) is 9.67 Å². The van der Waals surface area contributed by atoms with Crippen molar-refractivity contribution < 1.29 is 0 Å². The maximum atomic E-state index is 4.23. The summed E-state index contributed by atoms with van der Waals surface area (Å²) in [4.78, 5) is 4.23. The lowest BCUT2D eigenvalue weighted by Crippen LogP contribution is -2.37. The zero-order chi connectivity index (χ0) is 11.7. The molecule has 0 aromatic carbocycles. The van der Waals surface area contributed by atoms with E-state index in [2.05, 4.69) is 42.8 Å². The molecule has 1 N–H and O–H groups in total. The van der Waals surface area contributed by atoms with Crippen molar-refractivity contribution in [1.82, 2.24) is 20.1 Å². The molecule has 3 rings (SSSR count). The highest BCUT2D eigenvalue weighted by Crippen LogP contribution is 2.21. The first-order valence-electron chi connectivity index (χ1n) is 5.64. The van der Waals surface area contributed by atoms with E-state index in [0.29, 0.717) is 6.04 Å². The van der Waals surface area contributed by atoms with Gasteiger partial charge in [0.05, 0.1) is 10.3 Å². The van der Waals surface area contributed by atoms with Crippen LogP contribution in [0.4, 0.5) is 0 Å². The number of rotatable bonds is 3. The van der Waals surface area contributed by atoms with Crippen molar-refractivity contribution in [3.63, 3.8) is 0 Å². The molecule has 0 amide bonds. The maximum absolute atomic E-state index is 4.23. The van der Waals surface area contributed by atoms with E-state index < -0.39 is 0 Å². The normalized spacial score (nSPS) is 19.2. The van der Waals surface area contributed by atoms with Crippen molar-refractivity contribution in [1.29, 1.82) is 0 Å². The van der Waals surface area contributed by atoms with Gasteiger partial charge < -0.3 is 5.32 Å². The Morgan fingerprint density at radius 3 is 3.35 bits per heavy atom. The SMILES string of the molecule is Brc1cc(CN[C@@H]2CCc3ncnn3C2)cs1. The predicted octanol–water partition coefficient (Wildman–Crippen LogP) is 2.21. The minimum atomic E-state index is 0.503. The van der Waals surface area contributed by atoms with Crippen LogP contribution < -0.4 is 5.32 Å². The Bertz CT molecular complexity index is 507. The van der Waals surface area contributed by atoms with Crippen LogP contribution in [-0.2, 0) is 19.5 Å². The molecule has 6 heteroatoms. The van der Waals surface area contributed by atoms with E-state index in [0.717, 1.165) is 31.8 Å². The summed E-state index contributed by atoms with van der Waals surface area (Å²) in [6.07, 6.45) is 3.81. The standard InChI is InChI=1S/C11H13BrN4S/c12-10-3-8(6-17-10)4-13-9-1-2-11-14-7-15-16(11)5-9/h3,6-7,9,13H,1-2,4-5H2/t9-/m1/s1. The summed E-state index contributed by atoms with van der Waals surface area (Å²) >= 11 is 5.21. The van der Waals surface area contributed by atoms with Gasteiger partial charge in [-0.2, -0.15) is 5.10 Å². The number of hydrogen-bond donors (Lipinski definition) is 1. The number of nitrogens with one attached hydrogen (secondary N) is 1. The largest absolute Gasteiger partial charge is 0.308 e. The fourth-order valence-electron chi connectivity index (χ4n) is 2.10. The lowest BCUT2D eigenvalue weighted by molar-refractivity contribution is 0.358. The zero-order valence-electron chi connectivity index (χ0n) is 9.27. The molecule has 1 aliphatic heterocycles. The van der Waals surface area contributed by atoms with Gasteiger partial charge in [0.25, 0.3) is 0 Å². The van der Waals surface area contributed by atoms with Gasteiger partial charge in [-0.3, -0.25) is 0 Å². The highest BCUT2D eigenvalue weighted by Gasteiger charge is 2.19. The molecular formula is C11H13BrN4S. The summed E-state index contributed by atoms with van der Waals surface area (Å²) in [6.45, 7) is 1.86. The van der Waals surface area contributed by atoms with Crippen LogP contribution >= 0.6 is 27.3 Å². The smallest absolute Gasteiger partial charge is 0.138 e. The Hall–Kier alpha value is -0.720. The van der Waals surface area contributed by atoms with E-state index in [1.54, 1.807) is 17.7 Å². The third-order valence-electron chi connectivity index (χ3n) is 3.02. The molecule has 0 spiro atoms. The molecule has 90 valence electrons. The molecule has 0 saturated heterocycles. The first-order valence-corrected chi connectivity index (χ1v) is 7.31. The molecule has 0 aliphatic carbocycles. The molecular weight excluding hydrogens is 300 g/mol. The third kappa shape index (κ3) is 2.59. The molecule has 2 aromatic rings. The summed E-state index contributed by atoms with van der Waals surface area (Å²) in [5.74, 6) is 1.11. The number of halogens is 1. The van der Waals surface area contributed by atoms with E-state index in [-0.39, 0.29) is 0 Å². The second-order valence-corrected chi connectivity index (χ2v) is 6.52. The quantitative estimate of drug-likeness (QED) is 0.945. The van der Waals surface area contributed by atoms with Gasteiger partial charge in [0.1, 0.15) is 12.2 Å². The van der Waals surface area contributed by atoms with E-state index in [9.17, 15) is 0 Å². The molecule has 2 aromatic heterocycles. The van der Waals surface area contributed by atoms with Crippen LogP contribution in [-0.4, -0.2) is 20.8 Å². The van der Waals surface area contributed by atoms with Crippen LogP contribution in [0, 0.1) is 0 Å². The topological polar surface area (TPSA) is 42.7 Å². The van der Waals surface area contributed by atoms with E-state index in [1.807, 2.05) is 4.68 Å². The summed E-state index contributed by atoms with van der Waals surface area (Å²) in [6, 6.07) is 2.67. The Morgan fingerprint density at radius 2 is 2.53 bits per heavy atom. The summed E-state index contributed by atoms with van der Waals surface area (Å²) in [5.41, 5.74) is 1.34. The molecule has 4 nitrogen and oxygen atoms in total.